The first-order valence-corrected chi connectivity index (χ1v) is 3.70. The van der Waals surface area contributed by atoms with E-state index in [0.29, 0.717) is 0 Å². The molecule has 5 nitrogen and oxygen atoms in total. The van der Waals surface area contributed by atoms with Crippen LogP contribution in [0.5, 0.6) is 5.88 Å². The van der Waals surface area contributed by atoms with Crippen LogP contribution >= 0.6 is 12.2 Å². The van der Waals surface area contributed by atoms with Crippen LogP contribution in [-0.4, -0.2) is 22.8 Å². The zero-order chi connectivity index (χ0) is 7.72. The predicted molar refractivity (Wildman–Crippen MR) is 37.5 cm³/mol. The molecule has 1 atom stereocenters. The Morgan fingerprint density at radius 3 is 2.60 bits per heavy atom. The number of rotatable bonds is 1. The average Bonchev–Trinajstić information content (AvgIpc) is 2.10. The summed E-state index contributed by atoms with van der Waals surface area (Å²) in [5.74, 6) is -0.229. The molecule has 0 spiro atoms. The van der Waals surface area contributed by atoms with Crippen molar-refractivity contribution in [1.29, 1.82) is 0 Å². The molecule has 0 amide bonds. The van der Waals surface area contributed by atoms with Gasteiger partial charge in [-0.2, -0.15) is 0 Å². The molecular formula is C3H4N2O3S2. The summed E-state index contributed by atoms with van der Waals surface area (Å²) in [4.78, 5) is 2.27. The molecule has 0 saturated carbocycles. The van der Waals surface area contributed by atoms with Crippen molar-refractivity contribution >= 4 is 23.5 Å². The first-order chi connectivity index (χ1) is 4.61. The van der Waals surface area contributed by atoms with Crippen LogP contribution in [-0.2, 0) is 11.3 Å². The van der Waals surface area contributed by atoms with Crippen LogP contribution in [0.3, 0.4) is 0 Å². The van der Waals surface area contributed by atoms with Crippen molar-refractivity contribution in [1.82, 2.24) is 8.96 Å². The summed E-state index contributed by atoms with van der Waals surface area (Å²) in [5.41, 5.74) is 0. The molecule has 0 aliphatic carbocycles. The molecule has 3 N–H and O–H groups in total. The van der Waals surface area contributed by atoms with Crippen molar-refractivity contribution in [3.05, 3.63) is 11.0 Å². The highest BCUT2D eigenvalue weighted by Gasteiger charge is 2.01. The SMILES string of the molecule is O=S(O)n1cc(O)[nH]c1=S. The zero-order valence-electron chi connectivity index (χ0n) is 4.64. The van der Waals surface area contributed by atoms with Crippen molar-refractivity contribution in [2.75, 3.05) is 0 Å². The molecule has 0 bridgehead atoms. The molecule has 10 heavy (non-hydrogen) atoms. The summed E-state index contributed by atoms with van der Waals surface area (Å²) in [6.07, 6.45) is 1.04. The highest BCUT2D eigenvalue weighted by Crippen LogP contribution is 2.04. The van der Waals surface area contributed by atoms with Crippen molar-refractivity contribution in [3.8, 4) is 5.88 Å². The van der Waals surface area contributed by atoms with E-state index in [0.717, 1.165) is 10.2 Å². The second-order valence-corrected chi connectivity index (χ2v) is 2.74. The van der Waals surface area contributed by atoms with Crippen LogP contribution in [0.4, 0.5) is 0 Å². The van der Waals surface area contributed by atoms with Gasteiger partial charge in [0.25, 0.3) is 11.3 Å². The molecule has 1 heterocycles. The Hall–Kier alpha value is -0.660. The third-order valence-electron chi connectivity index (χ3n) is 0.843. The van der Waals surface area contributed by atoms with E-state index < -0.39 is 11.3 Å². The topological polar surface area (TPSA) is 78.2 Å². The van der Waals surface area contributed by atoms with Gasteiger partial charge in [0.05, 0.1) is 6.20 Å². The Morgan fingerprint density at radius 1 is 1.80 bits per heavy atom. The second kappa shape index (κ2) is 2.52. The van der Waals surface area contributed by atoms with Crippen LogP contribution in [0.1, 0.15) is 0 Å². The van der Waals surface area contributed by atoms with Gasteiger partial charge in [-0.25, -0.2) is 8.18 Å². The smallest absolute Gasteiger partial charge is 0.268 e. The highest BCUT2D eigenvalue weighted by molar-refractivity contribution is 7.78. The monoisotopic (exact) mass is 180 g/mol. The maximum absolute atomic E-state index is 10.3. The Bertz CT molecular complexity index is 314. The Morgan fingerprint density at radius 2 is 2.40 bits per heavy atom. The maximum atomic E-state index is 10.3. The molecule has 1 unspecified atom stereocenters. The maximum Gasteiger partial charge on any atom is 0.268 e. The number of H-pyrrole nitrogens is 1. The van der Waals surface area contributed by atoms with Crippen LogP contribution in [0.25, 0.3) is 0 Å². The fourth-order valence-electron chi connectivity index (χ4n) is 0.483. The number of nitrogens with one attached hydrogen (secondary N) is 1. The van der Waals surface area contributed by atoms with Crippen molar-refractivity contribution in [2.24, 2.45) is 0 Å². The van der Waals surface area contributed by atoms with E-state index >= 15 is 0 Å². The Labute approximate surface area is 63.7 Å². The van der Waals surface area contributed by atoms with E-state index in [-0.39, 0.29) is 10.7 Å². The van der Waals surface area contributed by atoms with E-state index in [2.05, 4.69) is 17.2 Å². The van der Waals surface area contributed by atoms with Gasteiger partial charge < -0.3 is 10.1 Å². The van der Waals surface area contributed by atoms with E-state index in [1.165, 1.54) is 0 Å². The lowest BCUT2D eigenvalue weighted by molar-refractivity contribution is 0.455. The number of nitrogens with zero attached hydrogens (tertiary/aromatic N) is 1. The van der Waals surface area contributed by atoms with Gasteiger partial charge in [-0.15, -0.1) is 0 Å². The fourth-order valence-corrected chi connectivity index (χ4v) is 1.21. The van der Waals surface area contributed by atoms with E-state index in [1.807, 2.05) is 0 Å². The van der Waals surface area contributed by atoms with Gasteiger partial charge in [-0.1, -0.05) is 0 Å². The molecule has 1 aromatic rings. The van der Waals surface area contributed by atoms with E-state index in [9.17, 15) is 4.21 Å². The molecule has 0 fully saturated rings. The average molecular weight is 180 g/mol. The van der Waals surface area contributed by atoms with Gasteiger partial charge in [0, 0.05) is 0 Å². The molecule has 0 aromatic carbocycles. The largest absolute Gasteiger partial charge is 0.493 e. The number of aromatic hydroxyl groups is 1. The summed E-state index contributed by atoms with van der Waals surface area (Å²) in [5, 5.41) is 8.69. The van der Waals surface area contributed by atoms with Gasteiger partial charge in [-0.05, 0) is 12.2 Å². The van der Waals surface area contributed by atoms with Gasteiger partial charge in [0.2, 0.25) is 5.88 Å². The predicted octanol–water partition coefficient (Wildman–Crippen LogP) is 0.236. The number of imidazole rings is 1. The molecule has 7 heteroatoms. The molecule has 0 aliphatic rings. The summed E-state index contributed by atoms with van der Waals surface area (Å²) < 4.78 is 19.6. The number of hydrogen-bond donors (Lipinski definition) is 3. The van der Waals surface area contributed by atoms with Crippen LogP contribution in [0.15, 0.2) is 6.20 Å². The Kier molecular flexibility index (Phi) is 1.88. The van der Waals surface area contributed by atoms with Gasteiger partial charge in [0.1, 0.15) is 0 Å². The molecule has 56 valence electrons. The van der Waals surface area contributed by atoms with E-state index in [1.54, 1.807) is 0 Å². The minimum Gasteiger partial charge on any atom is -0.493 e. The lowest BCUT2D eigenvalue weighted by atomic mass is 10.9. The van der Waals surface area contributed by atoms with Crippen LogP contribution in [0.2, 0.25) is 0 Å². The van der Waals surface area contributed by atoms with Crippen molar-refractivity contribution < 1.29 is 13.9 Å². The van der Waals surface area contributed by atoms with Crippen molar-refractivity contribution in [2.45, 2.75) is 0 Å². The lowest BCUT2D eigenvalue weighted by Crippen LogP contribution is -1.99. The third-order valence-corrected chi connectivity index (χ3v) is 1.88. The first kappa shape index (κ1) is 7.45. The molecule has 1 aromatic heterocycles. The van der Waals surface area contributed by atoms with Gasteiger partial charge in [-0.3, -0.25) is 4.55 Å². The summed E-state index contributed by atoms with van der Waals surface area (Å²) in [6.45, 7) is 0. The highest BCUT2D eigenvalue weighted by atomic mass is 32.2. The third kappa shape index (κ3) is 1.25. The summed E-state index contributed by atoms with van der Waals surface area (Å²) in [6, 6.07) is 0. The normalized spacial score (nSPS) is 13.3. The summed E-state index contributed by atoms with van der Waals surface area (Å²) >= 11 is 2.34. The van der Waals surface area contributed by atoms with E-state index in [4.69, 9.17) is 9.66 Å². The molecule has 0 saturated heterocycles. The second-order valence-electron chi connectivity index (χ2n) is 1.50. The van der Waals surface area contributed by atoms with Crippen LogP contribution < -0.4 is 0 Å². The fraction of sp³-hybridized carbons (Fsp3) is 0. The zero-order valence-corrected chi connectivity index (χ0v) is 6.28. The first-order valence-electron chi connectivity index (χ1n) is 2.23. The lowest BCUT2D eigenvalue weighted by Gasteiger charge is -1.88. The quantitative estimate of drug-likeness (QED) is 0.427. The van der Waals surface area contributed by atoms with Crippen molar-refractivity contribution in [3.63, 3.8) is 0 Å². The molecule has 0 radical (unpaired) electrons. The van der Waals surface area contributed by atoms with Gasteiger partial charge >= 0.3 is 0 Å². The summed E-state index contributed by atoms with van der Waals surface area (Å²) in [7, 11) is 0. The molecule has 0 aliphatic heterocycles. The number of hydrogen-bond acceptors (Lipinski definition) is 3. The number of aromatic amines is 1. The Balaban J connectivity index is 3.29. The molecular weight excluding hydrogens is 176 g/mol. The standard InChI is InChI=1S/C3H4N2O3S2/c6-2-1-5(10(7)8)3(9)4-2/h1,6H,(H,4,9)(H,7,8). The molecule has 1 rings (SSSR count). The number of aromatic nitrogens is 2. The van der Waals surface area contributed by atoms with Gasteiger partial charge in [0.15, 0.2) is 4.77 Å². The van der Waals surface area contributed by atoms with Crippen LogP contribution in [0, 0.1) is 4.77 Å². The minimum atomic E-state index is -2.20. The minimum absolute atomic E-state index is 0.0123.